The van der Waals surface area contributed by atoms with Gasteiger partial charge in [-0.3, -0.25) is 4.98 Å². The Morgan fingerprint density at radius 1 is 1.53 bits per heavy atom. The number of ether oxygens (including phenoxy) is 1. The lowest BCUT2D eigenvalue weighted by atomic mass is 10.1. The van der Waals surface area contributed by atoms with Crippen molar-refractivity contribution in [2.45, 2.75) is 18.4 Å². The van der Waals surface area contributed by atoms with Gasteiger partial charge in [0, 0.05) is 6.20 Å². The van der Waals surface area contributed by atoms with E-state index < -0.39 is 0 Å². The first-order chi connectivity index (χ1) is 6.65. The summed E-state index contributed by atoms with van der Waals surface area (Å²) in [4.78, 5) is 15.3. The van der Waals surface area contributed by atoms with Crippen LogP contribution in [-0.2, 0) is 10.3 Å². The second-order valence-electron chi connectivity index (χ2n) is 3.58. The normalized spacial score (nSPS) is 16.4. The number of hydrogen-bond donors (Lipinski definition) is 1. The molecule has 82 valence electrons. The quantitative estimate of drug-likeness (QED) is 0.774. The minimum absolute atomic E-state index is 0. The van der Waals surface area contributed by atoms with E-state index in [1.807, 2.05) is 0 Å². The average molecular weight is 229 g/mol. The molecule has 0 aromatic carbocycles. The highest BCUT2D eigenvalue weighted by Crippen LogP contribution is 2.41. The number of esters is 1. The van der Waals surface area contributed by atoms with E-state index in [9.17, 15) is 4.79 Å². The lowest BCUT2D eigenvalue weighted by Crippen LogP contribution is -2.20. The van der Waals surface area contributed by atoms with Gasteiger partial charge >= 0.3 is 5.97 Å². The zero-order valence-corrected chi connectivity index (χ0v) is 9.21. The Morgan fingerprint density at radius 2 is 2.20 bits per heavy atom. The van der Waals surface area contributed by atoms with Crippen molar-refractivity contribution in [2.24, 2.45) is 5.73 Å². The Labute approximate surface area is 94.2 Å². The van der Waals surface area contributed by atoms with Crippen molar-refractivity contribution in [1.29, 1.82) is 0 Å². The molecule has 0 spiro atoms. The van der Waals surface area contributed by atoms with E-state index in [4.69, 9.17) is 5.73 Å². The first-order valence-corrected chi connectivity index (χ1v) is 4.49. The van der Waals surface area contributed by atoms with Crippen LogP contribution >= 0.6 is 12.4 Å². The van der Waals surface area contributed by atoms with Crippen LogP contribution in [0.4, 0.5) is 0 Å². The maximum Gasteiger partial charge on any atom is 0.339 e. The fourth-order valence-corrected chi connectivity index (χ4v) is 1.32. The third kappa shape index (κ3) is 2.27. The van der Waals surface area contributed by atoms with Crippen LogP contribution in [0, 0.1) is 0 Å². The third-order valence-electron chi connectivity index (χ3n) is 2.48. The molecule has 1 aliphatic rings. The largest absolute Gasteiger partial charge is 0.465 e. The molecule has 2 N–H and O–H groups in total. The molecule has 1 saturated carbocycles. The van der Waals surface area contributed by atoms with Crippen molar-refractivity contribution >= 4 is 18.4 Å². The van der Waals surface area contributed by atoms with Crippen LogP contribution in [0.5, 0.6) is 0 Å². The van der Waals surface area contributed by atoms with Gasteiger partial charge in [-0.05, 0) is 25.0 Å². The zero-order chi connectivity index (χ0) is 10.2. The van der Waals surface area contributed by atoms with Crippen LogP contribution < -0.4 is 5.73 Å². The summed E-state index contributed by atoms with van der Waals surface area (Å²) < 4.78 is 4.57. The highest BCUT2D eigenvalue weighted by atomic mass is 35.5. The predicted molar refractivity (Wildman–Crippen MR) is 57.9 cm³/mol. The van der Waals surface area contributed by atoms with E-state index in [-0.39, 0.29) is 23.9 Å². The number of rotatable bonds is 2. The van der Waals surface area contributed by atoms with Gasteiger partial charge in [0.15, 0.2) is 0 Å². The maximum atomic E-state index is 11.1. The first kappa shape index (κ1) is 11.9. The van der Waals surface area contributed by atoms with Crippen LogP contribution in [0.3, 0.4) is 0 Å². The summed E-state index contributed by atoms with van der Waals surface area (Å²) >= 11 is 0. The number of hydrogen-bond acceptors (Lipinski definition) is 4. The zero-order valence-electron chi connectivity index (χ0n) is 8.40. The SMILES string of the molecule is COC(=O)c1ccc(C2(N)CC2)nc1.Cl. The summed E-state index contributed by atoms with van der Waals surface area (Å²) in [5.74, 6) is -0.370. The van der Waals surface area contributed by atoms with Gasteiger partial charge < -0.3 is 10.5 Å². The van der Waals surface area contributed by atoms with E-state index in [2.05, 4.69) is 9.72 Å². The Balaban J connectivity index is 0.00000112. The molecule has 1 aromatic rings. The van der Waals surface area contributed by atoms with Crippen molar-refractivity contribution < 1.29 is 9.53 Å². The fraction of sp³-hybridized carbons (Fsp3) is 0.400. The molecule has 0 atom stereocenters. The van der Waals surface area contributed by atoms with Crippen molar-refractivity contribution in [3.63, 3.8) is 0 Å². The van der Waals surface area contributed by atoms with Gasteiger partial charge in [-0.15, -0.1) is 12.4 Å². The van der Waals surface area contributed by atoms with Gasteiger partial charge in [0.2, 0.25) is 0 Å². The fourth-order valence-electron chi connectivity index (χ4n) is 1.32. The van der Waals surface area contributed by atoms with Gasteiger partial charge in [0.05, 0.1) is 23.9 Å². The van der Waals surface area contributed by atoms with Crippen molar-refractivity contribution in [2.75, 3.05) is 7.11 Å². The number of nitrogens with zero attached hydrogens (tertiary/aromatic N) is 1. The molecule has 0 unspecified atom stereocenters. The molecule has 0 saturated heterocycles. The monoisotopic (exact) mass is 228 g/mol. The molecule has 1 aliphatic carbocycles. The number of carbonyl (C=O) groups excluding carboxylic acids is 1. The van der Waals surface area contributed by atoms with Gasteiger partial charge in [-0.1, -0.05) is 0 Å². The Kier molecular flexibility index (Phi) is 3.31. The van der Waals surface area contributed by atoms with E-state index in [0.717, 1.165) is 18.5 Å². The van der Waals surface area contributed by atoms with Crippen LogP contribution in [0.1, 0.15) is 28.9 Å². The summed E-state index contributed by atoms with van der Waals surface area (Å²) in [6, 6.07) is 3.49. The van der Waals surface area contributed by atoms with Crippen molar-refractivity contribution in [1.82, 2.24) is 4.98 Å². The molecule has 4 nitrogen and oxygen atoms in total. The summed E-state index contributed by atoms with van der Waals surface area (Å²) in [5, 5.41) is 0. The highest BCUT2D eigenvalue weighted by Gasteiger charge is 2.41. The first-order valence-electron chi connectivity index (χ1n) is 4.49. The lowest BCUT2D eigenvalue weighted by Gasteiger charge is -2.07. The maximum absolute atomic E-state index is 11.1. The average Bonchev–Trinajstić information content (AvgIpc) is 2.97. The van der Waals surface area contributed by atoms with Gasteiger partial charge in [-0.2, -0.15) is 0 Å². The van der Waals surface area contributed by atoms with E-state index >= 15 is 0 Å². The smallest absolute Gasteiger partial charge is 0.339 e. The number of carbonyl (C=O) groups is 1. The molecule has 5 heteroatoms. The number of aromatic nitrogens is 1. The number of halogens is 1. The molecule has 0 bridgehead atoms. The summed E-state index contributed by atoms with van der Waals surface area (Å²) in [7, 11) is 1.35. The second-order valence-corrected chi connectivity index (χ2v) is 3.58. The molecule has 15 heavy (non-hydrogen) atoms. The molecule has 1 heterocycles. The highest BCUT2D eigenvalue weighted by molar-refractivity contribution is 5.88. The number of methoxy groups -OCH3 is 1. The Hall–Kier alpha value is -1.13. The van der Waals surface area contributed by atoms with E-state index in [0.29, 0.717) is 5.56 Å². The van der Waals surface area contributed by atoms with E-state index in [1.54, 1.807) is 12.1 Å². The molecular formula is C10H13ClN2O2. The van der Waals surface area contributed by atoms with Crippen LogP contribution in [0.2, 0.25) is 0 Å². The topological polar surface area (TPSA) is 65.2 Å². The molecule has 0 aliphatic heterocycles. The molecule has 0 amide bonds. The van der Waals surface area contributed by atoms with E-state index in [1.165, 1.54) is 13.3 Å². The number of pyridine rings is 1. The minimum Gasteiger partial charge on any atom is -0.465 e. The predicted octanol–water partition coefficient (Wildman–Crippen LogP) is 1.24. The molecule has 2 rings (SSSR count). The molecule has 1 aromatic heterocycles. The van der Waals surface area contributed by atoms with Gasteiger partial charge in [0.1, 0.15) is 0 Å². The molecular weight excluding hydrogens is 216 g/mol. The lowest BCUT2D eigenvalue weighted by molar-refractivity contribution is 0.0600. The van der Waals surface area contributed by atoms with Crippen molar-refractivity contribution in [3.8, 4) is 0 Å². The summed E-state index contributed by atoms with van der Waals surface area (Å²) in [5.41, 5.74) is 7.02. The van der Waals surface area contributed by atoms with Crippen molar-refractivity contribution in [3.05, 3.63) is 29.6 Å². The third-order valence-corrected chi connectivity index (χ3v) is 2.48. The standard InChI is InChI=1S/C10H12N2O2.ClH/c1-14-9(13)7-2-3-8(12-6-7)10(11)4-5-10;/h2-3,6H,4-5,11H2,1H3;1H. The summed E-state index contributed by atoms with van der Waals surface area (Å²) in [6.07, 6.45) is 3.45. The molecule has 0 radical (unpaired) electrons. The Bertz CT molecular complexity index is 360. The van der Waals surface area contributed by atoms with Crippen LogP contribution in [0.25, 0.3) is 0 Å². The van der Waals surface area contributed by atoms with Gasteiger partial charge in [0.25, 0.3) is 0 Å². The van der Waals surface area contributed by atoms with Gasteiger partial charge in [-0.25, -0.2) is 4.79 Å². The van der Waals surface area contributed by atoms with Crippen LogP contribution in [-0.4, -0.2) is 18.1 Å². The summed E-state index contributed by atoms with van der Waals surface area (Å²) in [6.45, 7) is 0. The van der Waals surface area contributed by atoms with Crippen LogP contribution in [0.15, 0.2) is 18.3 Å². The minimum atomic E-state index is -0.370. The number of nitrogens with two attached hydrogens (primary N) is 1. The Morgan fingerprint density at radius 3 is 2.60 bits per heavy atom. The molecule has 1 fully saturated rings. The second kappa shape index (κ2) is 4.16.